The number of hydrogen-bond donors (Lipinski definition) is 2. The zero-order valence-corrected chi connectivity index (χ0v) is 17.4. The molecule has 0 aliphatic heterocycles. The molecule has 0 saturated carbocycles. The maximum absolute atomic E-state index is 12.7. The monoisotopic (exact) mass is 423 g/mol. The van der Waals surface area contributed by atoms with Crippen LogP contribution in [0.25, 0.3) is 16.7 Å². The van der Waals surface area contributed by atoms with Crippen molar-refractivity contribution in [3.63, 3.8) is 0 Å². The van der Waals surface area contributed by atoms with E-state index >= 15 is 0 Å². The highest BCUT2D eigenvalue weighted by Crippen LogP contribution is 2.20. The molecule has 0 fully saturated rings. The predicted molar refractivity (Wildman–Crippen MR) is 114 cm³/mol. The summed E-state index contributed by atoms with van der Waals surface area (Å²) in [7, 11) is -3.70. The minimum atomic E-state index is -3.70. The fraction of sp³-hybridized carbons (Fsp3) is 0.200. The predicted octanol–water partition coefficient (Wildman–Crippen LogP) is 2.22. The molecule has 3 heterocycles. The van der Waals surface area contributed by atoms with Gasteiger partial charge in [0.1, 0.15) is 28.2 Å². The molecule has 1 aromatic carbocycles. The molecule has 4 aromatic rings. The van der Waals surface area contributed by atoms with Crippen molar-refractivity contribution in [3.8, 4) is 5.82 Å². The number of rotatable bonds is 7. The van der Waals surface area contributed by atoms with Gasteiger partial charge in [0, 0.05) is 43.1 Å². The van der Waals surface area contributed by atoms with Gasteiger partial charge < -0.3 is 5.32 Å². The van der Waals surface area contributed by atoms with Gasteiger partial charge in [0.2, 0.25) is 10.0 Å². The highest BCUT2D eigenvalue weighted by Gasteiger charge is 2.17. The summed E-state index contributed by atoms with van der Waals surface area (Å²) in [4.78, 5) is 17.4. The van der Waals surface area contributed by atoms with Crippen LogP contribution in [0.1, 0.15) is 11.6 Å². The van der Waals surface area contributed by atoms with Gasteiger partial charge in [-0.25, -0.2) is 28.1 Å². The largest absolute Gasteiger partial charge is 0.369 e. The van der Waals surface area contributed by atoms with Gasteiger partial charge in [-0.15, -0.1) is 0 Å². The smallest absolute Gasteiger partial charge is 0.242 e. The number of para-hydroxylation sites is 1. The zero-order valence-electron chi connectivity index (χ0n) is 16.6. The topological polar surface area (TPSA) is 115 Å². The molecule has 2 N–H and O–H groups in total. The SMILES string of the molecule is Cc1nc(NCCNS(=O)(=O)c2cccc3cccnc23)cc(-n2ccnc2C)n1. The van der Waals surface area contributed by atoms with Crippen molar-refractivity contribution in [2.45, 2.75) is 18.7 Å². The molecular weight excluding hydrogens is 402 g/mol. The van der Waals surface area contributed by atoms with Gasteiger partial charge in [0.05, 0.1) is 5.52 Å². The van der Waals surface area contributed by atoms with E-state index in [0.29, 0.717) is 29.5 Å². The molecule has 9 nitrogen and oxygen atoms in total. The van der Waals surface area contributed by atoms with E-state index in [1.54, 1.807) is 43.6 Å². The van der Waals surface area contributed by atoms with E-state index in [0.717, 1.165) is 11.2 Å². The highest BCUT2D eigenvalue weighted by atomic mass is 32.2. The lowest BCUT2D eigenvalue weighted by Crippen LogP contribution is -2.29. The van der Waals surface area contributed by atoms with Gasteiger partial charge in [0.25, 0.3) is 0 Å². The summed E-state index contributed by atoms with van der Waals surface area (Å²) in [5.74, 6) is 2.72. The van der Waals surface area contributed by atoms with Crippen LogP contribution >= 0.6 is 0 Å². The van der Waals surface area contributed by atoms with Crippen molar-refractivity contribution in [2.24, 2.45) is 0 Å². The number of imidazole rings is 1. The maximum Gasteiger partial charge on any atom is 0.242 e. The summed E-state index contributed by atoms with van der Waals surface area (Å²) in [6.45, 7) is 4.24. The first kappa shape index (κ1) is 19.9. The average Bonchev–Trinajstić information content (AvgIpc) is 3.16. The maximum atomic E-state index is 12.7. The number of nitrogens with one attached hydrogen (secondary N) is 2. The van der Waals surface area contributed by atoms with Crippen LogP contribution < -0.4 is 10.0 Å². The number of aryl methyl sites for hydroxylation is 2. The third kappa shape index (κ3) is 4.14. The van der Waals surface area contributed by atoms with E-state index in [9.17, 15) is 8.42 Å². The van der Waals surface area contributed by atoms with Crippen molar-refractivity contribution >= 4 is 26.7 Å². The third-order valence-electron chi connectivity index (χ3n) is 4.51. The Morgan fingerprint density at radius 1 is 1.00 bits per heavy atom. The first-order chi connectivity index (χ1) is 14.4. The Bertz CT molecular complexity index is 1300. The summed E-state index contributed by atoms with van der Waals surface area (Å²) in [6, 6.07) is 10.5. The molecule has 0 amide bonds. The second-order valence-corrected chi connectivity index (χ2v) is 8.39. The lowest BCUT2D eigenvalue weighted by Gasteiger charge is -2.11. The van der Waals surface area contributed by atoms with Crippen LogP contribution in [0.5, 0.6) is 0 Å². The number of pyridine rings is 1. The quantitative estimate of drug-likeness (QED) is 0.438. The van der Waals surface area contributed by atoms with E-state index in [-0.39, 0.29) is 11.4 Å². The normalized spacial score (nSPS) is 11.7. The molecule has 0 spiro atoms. The van der Waals surface area contributed by atoms with E-state index in [1.807, 2.05) is 29.8 Å². The van der Waals surface area contributed by atoms with Gasteiger partial charge in [0.15, 0.2) is 0 Å². The summed E-state index contributed by atoms with van der Waals surface area (Å²) in [6.07, 6.45) is 5.12. The molecule has 30 heavy (non-hydrogen) atoms. The van der Waals surface area contributed by atoms with Crippen LogP contribution in [-0.2, 0) is 10.0 Å². The van der Waals surface area contributed by atoms with Crippen LogP contribution in [0, 0.1) is 13.8 Å². The molecule has 0 radical (unpaired) electrons. The molecule has 4 rings (SSSR count). The molecule has 3 aromatic heterocycles. The summed E-state index contributed by atoms with van der Waals surface area (Å²) >= 11 is 0. The van der Waals surface area contributed by atoms with Crippen molar-refractivity contribution in [1.29, 1.82) is 0 Å². The Kier molecular flexibility index (Phi) is 5.42. The second-order valence-electron chi connectivity index (χ2n) is 6.66. The van der Waals surface area contributed by atoms with Gasteiger partial charge >= 0.3 is 0 Å². The van der Waals surface area contributed by atoms with Crippen LogP contribution in [0.4, 0.5) is 5.82 Å². The summed E-state index contributed by atoms with van der Waals surface area (Å²) in [5.41, 5.74) is 0.451. The zero-order chi connectivity index (χ0) is 21.1. The van der Waals surface area contributed by atoms with Crippen LogP contribution in [-0.4, -0.2) is 46.0 Å². The van der Waals surface area contributed by atoms with Crippen LogP contribution in [0.15, 0.2) is 59.9 Å². The Hall–Kier alpha value is -3.37. The Morgan fingerprint density at radius 2 is 1.83 bits per heavy atom. The fourth-order valence-electron chi connectivity index (χ4n) is 3.13. The molecule has 0 aliphatic carbocycles. The van der Waals surface area contributed by atoms with Crippen molar-refractivity contribution in [1.82, 2.24) is 29.2 Å². The van der Waals surface area contributed by atoms with E-state index in [2.05, 4.69) is 30.0 Å². The number of aromatic nitrogens is 5. The van der Waals surface area contributed by atoms with Crippen molar-refractivity contribution in [2.75, 3.05) is 18.4 Å². The third-order valence-corrected chi connectivity index (χ3v) is 6.00. The molecule has 154 valence electrons. The van der Waals surface area contributed by atoms with E-state index in [4.69, 9.17) is 0 Å². The first-order valence-electron chi connectivity index (χ1n) is 9.37. The Balaban J connectivity index is 1.44. The minimum absolute atomic E-state index is 0.163. The Labute approximate surface area is 174 Å². The fourth-order valence-corrected chi connectivity index (χ4v) is 4.34. The molecule has 0 aliphatic rings. The minimum Gasteiger partial charge on any atom is -0.369 e. The van der Waals surface area contributed by atoms with Crippen molar-refractivity contribution < 1.29 is 8.42 Å². The number of benzene rings is 1. The van der Waals surface area contributed by atoms with E-state index < -0.39 is 10.0 Å². The van der Waals surface area contributed by atoms with Crippen LogP contribution in [0.2, 0.25) is 0 Å². The molecule has 10 heteroatoms. The first-order valence-corrected chi connectivity index (χ1v) is 10.9. The molecule has 0 atom stereocenters. The average molecular weight is 424 g/mol. The molecule has 0 unspecified atom stereocenters. The molecule has 0 bridgehead atoms. The second kappa shape index (κ2) is 8.17. The number of hydrogen-bond acceptors (Lipinski definition) is 7. The lowest BCUT2D eigenvalue weighted by atomic mass is 10.2. The molecule has 0 saturated heterocycles. The number of sulfonamides is 1. The Morgan fingerprint density at radius 3 is 2.63 bits per heavy atom. The van der Waals surface area contributed by atoms with E-state index in [1.165, 1.54) is 0 Å². The molecular formula is C20H21N7O2S. The number of nitrogens with zero attached hydrogens (tertiary/aromatic N) is 5. The lowest BCUT2D eigenvalue weighted by molar-refractivity contribution is 0.583. The van der Waals surface area contributed by atoms with Crippen LogP contribution in [0.3, 0.4) is 0 Å². The summed E-state index contributed by atoms with van der Waals surface area (Å²) in [5, 5.41) is 3.92. The van der Waals surface area contributed by atoms with Crippen molar-refractivity contribution in [3.05, 3.63) is 66.6 Å². The van der Waals surface area contributed by atoms with Gasteiger partial charge in [-0.3, -0.25) is 9.55 Å². The van der Waals surface area contributed by atoms with Gasteiger partial charge in [-0.1, -0.05) is 18.2 Å². The number of anilines is 1. The standard InChI is InChI=1S/C20H21N7O2S/c1-14-25-18(13-19(26-14)27-12-11-21-15(27)2)22-9-10-24-30(28,29)17-7-3-5-16-6-4-8-23-20(16)17/h3-8,11-13,24H,9-10H2,1-2H3,(H,22,25,26). The van der Waals surface area contributed by atoms with Gasteiger partial charge in [-0.05, 0) is 26.0 Å². The van der Waals surface area contributed by atoms with Gasteiger partial charge in [-0.2, -0.15) is 0 Å². The number of fused-ring (bicyclic) bond motifs is 1. The summed E-state index contributed by atoms with van der Waals surface area (Å²) < 4.78 is 30.0. The highest BCUT2D eigenvalue weighted by molar-refractivity contribution is 7.89.